The number of anilines is 1. The number of rotatable bonds is 6. The number of hydrogen-bond donors (Lipinski definition) is 1. The number of hydrogen-bond acceptors (Lipinski definition) is 4. The third-order valence-electron chi connectivity index (χ3n) is 4.72. The summed E-state index contributed by atoms with van der Waals surface area (Å²) in [5.74, 6) is 0.622. The zero-order valence-electron chi connectivity index (χ0n) is 13.9. The maximum Gasteiger partial charge on any atom is 0.323 e. The molecule has 23 heavy (non-hydrogen) atoms. The molecule has 2 fully saturated rings. The van der Waals surface area contributed by atoms with Gasteiger partial charge >= 0.3 is 6.03 Å². The Bertz CT molecular complexity index is 512. The first-order valence-corrected chi connectivity index (χ1v) is 8.58. The van der Waals surface area contributed by atoms with Crippen molar-refractivity contribution in [1.29, 1.82) is 0 Å². The van der Waals surface area contributed by atoms with Gasteiger partial charge in [-0.2, -0.15) is 5.10 Å². The SMILES string of the molecule is COCCCn1ccc(NC(=O)N2CCC(N3CCCC3)C2)n1. The molecule has 7 heteroatoms. The molecule has 1 aromatic rings. The molecule has 3 rings (SSSR count). The van der Waals surface area contributed by atoms with Gasteiger partial charge in [-0.15, -0.1) is 0 Å². The quantitative estimate of drug-likeness (QED) is 0.809. The molecule has 0 radical (unpaired) electrons. The van der Waals surface area contributed by atoms with Gasteiger partial charge in [0.05, 0.1) is 0 Å². The Hall–Kier alpha value is -1.60. The predicted molar refractivity (Wildman–Crippen MR) is 88.5 cm³/mol. The first kappa shape index (κ1) is 16.3. The Labute approximate surface area is 137 Å². The van der Waals surface area contributed by atoms with E-state index in [4.69, 9.17) is 4.74 Å². The van der Waals surface area contributed by atoms with Gasteiger partial charge in [-0.25, -0.2) is 4.79 Å². The van der Waals surface area contributed by atoms with Crippen LogP contribution in [0.15, 0.2) is 12.3 Å². The summed E-state index contributed by atoms with van der Waals surface area (Å²) in [6.45, 7) is 5.55. The van der Waals surface area contributed by atoms with E-state index in [0.717, 1.165) is 32.5 Å². The van der Waals surface area contributed by atoms with Gasteiger partial charge in [0.2, 0.25) is 0 Å². The van der Waals surface area contributed by atoms with E-state index >= 15 is 0 Å². The summed E-state index contributed by atoms with van der Waals surface area (Å²) >= 11 is 0. The Kier molecular flexibility index (Phi) is 5.51. The Morgan fingerprint density at radius 1 is 1.39 bits per heavy atom. The summed E-state index contributed by atoms with van der Waals surface area (Å²) < 4.78 is 6.87. The van der Waals surface area contributed by atoms with Crippen LogP contribution in [0.3, 0.4) is 0 Å². The summed E-state index contributed by atoms with van der Waals surface area (Å²) in [4.78, 5) is 16.8. The predicted octanol–water partition coefficient (Wildman–Crippen LogP) is 1.62. The van der Waals surface area contributed by atoms with Gasteiger partial charge in [0.1, 0.15) is 0 Å². The second kappa shape index (κ2) is 7.79. The summed E-state index contributed by atoms with van der Waals surface area (Å²) in [5.41, 5.74) is 0. The molecular weight excluding hydrogens is 294 g/mol. The van der Waals surface area contributed by atoms with Gasteiger partial charge in [0.15, 0.2) is 5.82 Å². The maximum absolute atomic E-state index is 12.4. The molecule has 2 aliphatic heterocycles. The van der Waals surface area contributed by atoms with E-state index in [9.17, 15) is 4.79 Å². The Balaban J connectivity index is 1.45. The lowest BCUT2D eigenvalue weighted by molar-refractivity contribution is 0.189. The van der Waals surface area contributed by atoms with E-state index in [0.29, 0.717) is 18.5 Å². The third kappa shape index (κ3) is 4.23. The summed E-state index contributed by atoms with van der Waals surface area (Å²) in [6, 6.07) is 2.35. The minimum Gasteiger partial charge on any atom is -0.385 e. The van der Waals surface area contributed by atoms with Crippen LogP contribution in [0, 0.1) is 0 Å². The van der Waals surface area contributed by atoms with Crippen molar-refractivity contribution in [2.75, 3.05) is 45.2 Å². The molecule has 2 aliphatic rings. The molecule has 3 heterocycles. The maximum atomic E-state index is 12.4. The zero-order valence-corrected chi connectivity index (χ0v) is 13.9. The summed E-state index contributed by atoms with van der Waals surface area (Å²) in [6.07, 6.45) is 6.47. The molecule has 2 amide bonds. The number of likely N-dealkylation sites (tertiary alicyclic amines) is 2. The van der Waals surface area contributed by atoms with E-state index in [1.807, 2.05) is 21.8 Å². The fraction of sp³-hybridized carbons (Fsp3) is 0.750. The van der Waals surface area contributed by atoms with Gasteiger partial charge in [0.25, 0.3) is 0 Å². The molecule has 1 unspecified atom stereocenters. The van der Waals surface area contributed by atoms with E-state index in [-0.39, 0.29) is 6.03 Å². The highest BCUT2D eigenvalue weighted by Gasteiger charge is 2.31. The third-order valence-corrected chi connectivity index (χ3v) is 4.72. The smallest absolute Gasteiger partial charge is 0.323 e. The fourth-order valence-electron chi connectivity index (χ4n) is 3.44. The number of amides is 2. The van der Waals surface area contributed by atoms with Gasteiger partial charge in [-0.3, -0.25) is 14.9 Å². The largest absolute Gasteiger partial charge is 0.385 e. The lowest BCUT2D eigenvalue weighted by Crippen LogP contribution is -2.38. The number of methoxy groups -OCH3 is 1. The van der Waals surface area contributed by atoms with Crippen LogP contribution in [0.1, 0.15) is 25.7 Å². The highest BCUT2D eigenvalue weighted by atomic mass is 16.5. The van der Waals surface area contributed by atoms with Crippen molar-refractivity contribution in [3.63, 3.8) is 0 Å². The molecular formula is C16H27N5O2. The van der Waals surface area contributed by atoms with Crippen molar-refractivity contribution in [1.82, 2.24) is 19.6 Å². The van der Waals surface area contributed by atoms with Gasteiger partial charge in [0, 0.05) is 51.7 Å². The van der Waals surface area contributed by atoms with Crippen molar-refractivity contribution in [2.24, 2.45) is 0 Å². The van der Waals surface area contributed by atoms with Crippen molar-refractivity contribution in [3.05, 3.63) is 12.3 Å². The van der Waals surface area contributed by atoms with Crippen LogP contribution in [0.4, 0.5) is 10.6 Å². The molecule has 128 valence electrons. The second-order valence-corrected chi connectivity index (χ2v) is 6.37. The number of carbonyl (C=O) groups excluding carboxylic acids is 1. The van der Waals surface area contributed by atoms with Crippen molar-refractivity contribution < 1.29 is 9.53 Å². The van der Waals surface area contributed by atoms with Gasteiger partial charge < -0.3 is 9.64 Å². The average molecular weight is 321 g/mol. The van der Waals surface area contributed by atoms with Crippen molar-refractivity contribution in [2.45, 2.75) is 38.3 Å². The highest BCUT2D eigenvalue weighted by molar-refractivity contribution is 5.88. The van der Waals surface area contributed by atoms with Crippen LogP contribution < -0.4 is 5.32 Å². The highest BCUT2D eigenvalue weighted by Crippen LogP contribution is 2.21. The Morgan fingerprint density at radius 3 is 3.00 bits per heavy atom. The zero-order chi connectivity index (χ0) is 16.1. The molecule has 0 saturated carbocycles. The molecule has 1 atom stereocenters. The fourth-order valence-corrected chi connectivity index (χ4v) is 3.44. The number of carbonyl (C=O) groups is 1. The number of nitrogens with zero attached hydrogens (tertiary/aromatic N) is 4. The summed E-state index contributed by atoms with van der Waals surface area (Å²) in [5, 5.41) is 7.29. The van der Waals surface area contributed by atoms with Crippen LogP contribution in [0.25, 0.3) is 0 Å². The Morgan fingerprint density at radius 2 is 2.22 bits per heavy atom. The van der Waals surface area contributed by atoms with E-state index in [2.05, 4.69) is 15.3 Å². The van der Waals surface area contributed by atoms with Crippen LogP contribution >= 0.6 is 0 Å². The van der Waals surface area contributed by atoms with Gasteiger partial charge in [-0.1, -0.05) is 0 Å². The van der Waals surface area contributed by atoms with Crippen LogP contribution in [0.2, 0.25) is 0 Å². The molecule has 0 bridgehead atoms. The summed E-state index contributed by atoms with van der Waals surface area (Å²) in [7, 11) is 1.69. The number of nitrogens with one attached hydrogen (secondary N) is 1. The minimum absolute atomic E-state index is 0.0335. The average Bonchev–Trinajstić information content (AvgIpc) is 3.29. The second-order valence-electron chi connectivity index (χ2n) is 6.37. The lowest BCUT2D eigenvalue weighted by atomic mass is 10.2. The van der Waals surface area contributed by atoms with Crippen molar-refractivity contribution >= 4 is 11.8 Å². The van der Waals surface area contributed by atoms with E-state index < -0.39 is 0 Å². The van der Waals surface area contributed by atoms with Crippen LogP contribution in [0.5, 0.6) is 0 Å². The molecule has 1 aromatic heterocycles. The number of aromatic nitrogens is 2. The number of urea groups is 1. The molecule has 2 saturated heterocycles. The minimum atomic E-state index is -0.0335. The molecule has 0 aromatic carbocycles. The lowest BCUT2D eigenvalue weighted by Gasteiger charge is -2.23. The number of ether oxygens (including phenoxy) is 1. The van der Waals surface area contributed by atoms with Crippen LogP contribution in [-0.4, -0.2) is 71.5 Å². The molecule has 7 nitrogen and oxygen atoms in total. The van der Waals surface area contributed by atoms with Gasteiger partial charge in [-0.05, 0) is 38.8 Å². The first-order valence-electron chi connectivity index (χ1n) is 8.58. The topological polar surface area (TPSA) is 62.6 Å². The molecule has 1 N–H and O–H groups in total. The molecule has 0 aliphatic carbocycles. The standard InChI is InChI=1S/C16H27N5O2/c1-23-12-4-9-21-11-6-15(18-21)17-16(22)20-10-5-14(13-20)19-7-2-3-8-19/h6,11,14H,2-5,7-10,12-13H2,1H3,(H,17,18,22). The van der Waals surface area contributed by atoms with Crippen molar-refractivity contribution in [3.8, 4) is 0 Å². The van der Waals surface area contributed by atoms with E-state index in [1.165, 1.54) is 25.9 Å². The monoisotopic (exact) mass is 321 g/mol. The number of aryl methyl sites for hydroxylation is 1. The van der Waals surface area contributed by atoms with E-state index in [1.54, 1.807) is 7.11 Å². The molecule has 0 spiro atoms. The first-order chi connectivity index (χ1) is 11.3. The normalized spacial score (nSPS) is 22.0. The van der Waals surface area contributed by atoms with Crippen LogP contribution in [-0.2, 0) is 11.3 Å².